The molecule has 2 aliphatic heterocycles. The number of para-hydroxylation sites is 1. The first kappa shape index (κ1) is 13.8. The van der Waals surface area contributed by atoms with Gasteiger partial charge in [0.15, 0.2) is 5.17 Å². The summed E-state index contributed by atoms with van der Waals surface area (Å²) in [6.07, 6.45) is 0. The van der Waals surface area contributed by atoms with Crippen LogP contribution >= 0.6 is 23.4 Å². The molecule has 1 saturated heterocycles. The highest BCUT2D eigenvalue weighted by Gasteiger charge is 2.39. The predicted molar refractivity (Wildman–Crippen MR) is 92.8 cm³/mol. The summed E-state index contributed by atoms with van der Waals surface area (Å²) in [6, 6.07) is 17.9. The van der Waals surface area contributed by atoms with Gasteiger partial charge in [0.25, 0.3) is 0 Å². The highest BCUT2D eigenvalue weighted by molar-refractivity contribution is 8.15. The number of hydrogen-bond donors (Lipinski definition) is 2. The summed E-state index contributed by atoms with van der Waals surface area (Å²) in [7, 11) is 0. The van der Waals surface area contributed by atoms with Crippen molar-refractivity contribution in [1.29, 1.82) is 0 Å². The van der Waals surface area contributed by atoms with E-state index in [-0.39, 0.29) is 11.3 Å². The lowest BCUT2D eigenvalue weighted by atomic mass is 10.1. The van der Waals surface area contributed by atoms with Crippen LogP contribution in [0.5, 0.6) is 0 Å². The smallest absolute Gasteiger partial charge is 0.190 e. The van der Waals surface area contributed by atoms with E-state index >= 15 is 0 Å². The summed E-state index contributed by atoms with van der Waals surface area (Å²) >= 11 is 7.63. The molecule has 0 spiro atoms. The molecule has 22 heavy (non-hydrogen) atoms. The Labute approximate surface area is 137 Å². The minimum Gasteiger partial charge on any atom is -0.308 e. The molecule has 0 aliphatic carbocycles. The number of amidine groups is 2. The molecule has 2 heterocycles. The lowest BCUT2D eigenvalue weighted by molar-refractivity contribution is 0.593. The molecule has 0 bridgehead atoms. The molecule has 0 saturated carbocycles. The van der Waals surface area contributed by atoms with E-state index in [0.717, 1.165) is 21.7 Å². The highest BCUT2D eigenvalue weighted by Crippen LogP contribution is 2.36. The van der Waals surface area contributed by atoms with Crippen LogP contribution < -0.4 is 10.9 Å². The van der Waals surface area contributed by atoms with Crippen LogP contribution in [0, 0.1) is 0 Å². The third-order valence-corrected chi connectivity index (χ3v) is 4.98. The standard InChI is InChI=1S/C16H13ClN4S/c17-11-8-6-10(7-9-11)13-14-15(21-20-13)19-16(22-14)18-12-4-2-1-3-5-12/h1-9,13-14,20H,(H,18,19,21)/t13-,14+/m0/s1. The van der Waals surface area contributed by atoms with Gasteiger partial charge in [0.1, 0.15) is 5.84 Å². The van der Waals surface area contributed by atoms with Gasteiger partial charge in [0.2, 0.25) is 0 Å². The van der Waals surface area contributed by atoms with Crippen LogP contribution in [-0.4, -0.2) is 16.3 Å². The van der Waals surface area contributed by atoms with Gasteiger partial charge >= 0.3 is 0 Å². The summed E-state index contributed by atoms with van der Waals surface area (Å²) in [5, 5.41) is 1.75. The van der Waals surface area contributed by atoms with Crippen molar-refractivity contribution in [2.75, 3.05) is 0 Å². The van der Waals surface area contributed by atoms with Gasteiger partial charge in [0.05, 0.1) is 17.0 Å². The molecule has 110 valence electrons. The largest absolute Gasteiger partial charge is 0.308 e. The molecule has 4 rings (SSSR count). The van der Waals surface area contributed by atoms with Crippen LogP contribution in [0.2, 0.25) is 5.02 Å². The minimum absolute atomic E-state index is 0.157. The summed E-state index contributed by atoms with van der Waals surface area (Å²) in [4.78, 5) is 9.15. The van der Waals surface area contributed by atoms with Gasteiger partial charge in [0, 0.05) is 5.02 Å². The molecule has 2 aromatic carbocycles. The highest BCUT2D eigenvalue weighted by atomic mass is 35.5. The molecule has 2 aliphatic rings. The van der Waals surface area contributed by atoms with Crippen molar-refractivity contribution in [2.45, 2.75) is 11.3 Å². The van der Waals surface area contributed by atoms with Crippen LogP contribution in [-0.2, 0) is 0 Å². The number of thioether (sulfide) groups is 1. The first-order valence-electron chi connectivity index (χ1n) is 6.95. The summed E-state index contributed by atoms with van der Waals surface area (Å²) in [5.74, 6) is 0.930. The van der Waals surface area contributed by atoms with Crippen LogP contribution in [0.3, 0.4) is 0 Å². The van der Waals surface area contributed by atoms with Crippen molar-refractivity contribution in [3.05, 3.63) is 65.2 Å². The van der Waals surface area contributed by atoms with Gasteiger partial charge in [-0.15, -0.1) is 0 Å². The maximum atomic E-state index is 5.96. The van der Waals surface area contributed by atoms with Crippen LogP contribution in [0.4, 0.5) is 5.69 Å². The van der Waals surface area contributed by atoms with Gasteiger partial charge in [-0.25, -0.2) is 15.4 Å². The second-order valence-corrected chi connectivity index (χ2v) is 6.61. The number of hydrogen-bond acceptors (Lipinski definition) is 4. The first-order chi connectivity index (χ1) is 10.8. The summed E-state index contributed by atoms with van der Waals surface area (Å²) < 4.78 is 0. The normalized spacial score (nSPS) is 25.0. The Hall–Kier alpha value is -1.82. The quantitative estimate of drug-likeness (QED) is 0.884. The number of fused-ring (bicyclic) bond motifs is 1. The van der Waals surface area contributed by atoms with Crippen LogP contribution in [0.15, 0.2) is 64.6 Å². The maximum absolute atomic E-state index is 5.96. The Morgan fingerprint density at radius 3 is 2.59 bits per heavy atom. The fraction of sp³-hybridized carbons (Fsp3) is 0.125. The van der Waals surface area contributed by atoms with E-state index in [1.807, 2.05) is 54.6 Å². The molecule has 0 unspecified atom stereocenters. The fourth-order valence-corrected chi connectivity index (χ4v) is 3.75. The third kappa shape index (κ3) is 2.63. The average Bonchev–Trinajstić information content (AvgIpc) is 3.09. The molecule has 4 nitrogen and oxygen atoms in total. The molecule has 2 N–H and O–H groups in total. The first-order valence-corrected chi connectivity index (χ1v) is 8.21. The molecule has 0 aromatic heterocycles. The number of rotatable bonds is 2. The van der Waals surface area contributed by atoms with Gasteiger partial charge in [-0.2, -0.15) is 0 Å². The second-order valence-electron chi connectivity index (χ2n) is 5.06. The SMILES string of the molecule is Clc1ccc([C@@H]2NNC3=NC(=Nc4ccccc4)S[C@@H]32)cc1. The molecular formula is C16H13ClN4S. The van der Waals surface area contributed by atoms with E-state index in [4.69, 9.17) is 11.6 Å². The molecular weight excluding hydrogens is 316 g/mol. The Kier molecular flexibility index (Phi) is 3.62. The summed E-state index contributed by atoms with van der Waals surface area (Å²) in [5.41, 5.74) is 8.54. The van der Waals surface area contributed by atoms with Gasteiger partial charge in [-0.05, 0) is 29.8 Å². The van der Waals surface area contributed by atoms with E-state index in [9.17, 15) is 0 Å². The second kappa shape index (κ2) is 5.76. The lowest BCUT2D eigenvalue weighted by Crippen LogP contribution is -2.27. The van der Waals surface area contributed by atoms with Crippen molar-refractivity contribution >= 4 is 40.1 Å². The minimum atomic E-state index is 0.157. The Bertz CT molecular complexity index is 743. The average molecular weight is 329 g/mol. The topological polar surface area (TPSA) is 48.8 Å². The molecule has 0 amide bonds. The van der Waals surface area contributed by atoms with Gasteiger partial charge in [-0.3, -0.25) is 0 Å². The number of benzene rings is 2. The van der Waals surface area contributed by atoms with E-state index in [1.165, 1.54) is 5.56 Å². The van der Waals surface area contributed by atoms with Crippen LogP contribution in [0.25, 0.3) is 0 Å². The molecule has 2 atom stereocenters. The van der Waals surface area contributed by atoms with E-state index in [1.54, 1.807) is 11.8 Å². The number of nitrogens with zero attached hydrogens (tertiary/aromatic N) is 2. The predicted octanol–water partition coefficient (Wildman–Crippen LogP) is 3.69. The third-order valence-electron chi connectivity index (χ3n) is 3.59. The lowest BCUT2D eigenvalue weighted by Gasteiger charge is -2.14. The maximum Gasteiger partial charge on any atom is 0.190 e. The Morgan fingerprint density at radius 2 is 1.82 bits per heavy atom. The molecule has 0 radical (unpaired) electrons. The summed E-state index contributed by atoms with van der Waals surface area (Å²) in [6.45, 7) is 0. The Morgan fingerprint density at radius 1 is 1.05 bits per heavy atom. The zero-order valence-corrected chi connectivity index (χ0v) is 13.1. The van der Waals surface area contributed by atoms with E-state index in [0.29, 0.717) is 0 Å². The van der Waals surface area contributed by atoms with Crippen molar-refractivity contribution < 1.29 is 0 Å². The van der Waals surface area contributed by atoms with E-state index < -0.39 is 0 Å². The zero-order chi connectivity index (χ0) is 14.9. The number of halogens is 1. The number of aliphatic imine (C=N–C) groups is 2. The number of hydrazine groups is 1. The van der Waals surface area contributed by atoms with Gasteiger partial charge in [-0.1, -0.05) is 53.7 Å². The van der Waals surface area contributed by atoms with E-state index in [2.05, 4.69) is 20.8 Å². The van der Waals surface area contributed by atoms with Crippen molar-refractivity contribution in [3.63, 3.8) is 0 Å². The van der Waals surface area contributed by atoms with Crippen LogP contribution in [0.1, 0.15) is 11.6 Å². The molecule has 6 heteroatoms. The number of nitrogens with one attached hydrogen (secondary N) is 2. The fourth-order valence-electron chi connectivity index (χ4n) is 2.51. The van der Waals surface area contributed by atoms with Crippen molar-refractivity contribution in [1.82, 2.24) is 10.9 Å². The zero-order valence-electron chi connectivity index (χ0n) is 11.5. The van der Waals surface area contributed by atoms with Gasteiger partial charge < -0.3 is 5.43 Å². The Balaban J connectivity index is 1.57. The molecule has 2 aromatic rings. The monoisotopic (exact) mass is 328 g/mol. The van der Waals surface area contributed by atoms with Crippen molar-refractivity contribution in [2.24, 2.45) is 9.98 Å². The van der Waals surface area contributed by atoms with Crippen molar-refractivity contribution in [3.8, 4) is 0 Å². The molecule has 1 fully saturated rings.